The Morgan fingerprint density at radius 2 is 1.97 bits per heavy atom. The van der Waals surface area contributed by atoms with E-state index in [1.54, 1.807) is 4.68 Å². The third-order valence-electron chi connectivity index (χ3n) is 6.29. The summed E-state index contributed by atoms with van der Waals surface area (Å²) in [7, 11) is 0. The number of hydrogen-bond donors (Lipinski definition) is 1. The molecule has 0 saturated carbocycles. The second-order valence-corrected chi connectivity index (χ2v) is 8.74. The van der Waals surface area contributed by atoms with Gasteiger partial charge in [0.25, 0.3) is 5.91 Å². The number of anilines is 1. The monoisotopic (exact) mass is 472 g/mol. The third kappa shape index (κ3) is 4.90. The number of nitrogens with zero attached hydrogens (tertiary/aromatic N) is 5. The van der Waals surface area contributed by atoms with Crippen LogP contribution < -0.4 is 5.32 Å². The fraction of sp³-hybridized carbons (Fsp3) is 0.417. The summed E-state index contributed by atoms with van der Waals surface area (Å²) in [6, 6.07) is 7.84. The van der Waals surface area contributed by atoms with Crippen LogP contribution in [0.1, 0.15) is 47.1 Å². The van der Waals surface area contributed by atoms with Crippen molar-refractivity contribution in [2.45, 2.75) is 45.8 Å². The SMILES string of the molecule is Cc1ccc(-n2ncnc2C)c(C(=O)N2CCCC(C)C2CNc2ccc(C(F)(F)F)cn2)c1. The molecule has 1 aliphatic heterocycles. The summed E-state index contributed by atoms with van der Waals surface area (Å²) in [4.78, 5) is 23.7. The van der Waals surface area contributed by atoms with Gasteiger partial charge in [-0.3, -0.25) is 4.79 Å². The van der Waals surface area contributed by atoms with Crippen LogP contribution in [0.2, 0.25) is 0 Å². The van der Waals surface area contributed by atoms with E-state index in [2.05, 4.69) is 27.3 Å². The van der Waals surface area contributed by atoms with Crippen LogP contribution >= 0.6 is 0 Å². The molecule has 2 atom stereocenters. The van der Waals surface area contributed by atoms with Gasteiger partial charge in [-0.15, -0.1) is 0 Å². The van der Waals surface area contributed by atoms with E-state index in [0.29, 0.717) is 36.0 Å². The molecule has 10 heteroatoms. The lowest BCUT2D eigenvalue weighted by atomic mass is 9.89. The molecule has 0 spiro atoms. The number of likely N-dealkylation sites (tertiary alicyclic amines) is 1. The highest BCUT2D eigenvalue weighted by Crippen LogP contribution is 2.30. The van der Waals surface area contributed by atoms with E-state index in [0.717, 1.165) is 30.7 Å². The molecule has 0 radical (unpaired) electrons. The van der Waals surface area contributed by atoms with Gasteiger partial charge in [0.1, 0.15) is 18.0 Å². The average Bonchev–Trinajstić information content (AvgIpc) is 3.23. The molecule has 3 aromatic rings. The molecule has 7 nitrogen and oxygen atoms in total. The number of aromatic nitrogens is 4. The lowest BCUT2D eigenvalue weighted by Crippen LogP contribution is -2.51. The maximum absolute atomic E-state index is 13.8. The van der Waals surface area contributed by atoms with Crippen LogP contribution in [-0.2, 0) is 6.18 Å². The molecule has 1 aliphatic rings. The number of alkyl halides is 3. The van der Waals surface area contributed by atoms with Gasteiger partial charge < -0.3 is 10.2 Å². The summed E-state index contributed by atoms with van der Waals surface area (Å²) < 4.78 is 40.1. The number of hydrogen-bond acceptors (Lipinski definition) is 5. The van der Waals surface area contributed by atoms with E-state index >= 15 is 0 Å². The second-order valence-electron chi connectivity index (χ2n) is 8.74. The van der Waals surface area contributed by atoms with E-state index in [1.807, 2.05) is 36.9 Å². The van der Waals surface area contributed by atoms with Gasteiger partial charge in [-0.05, 0) is 56.9 Å². The maximum atomic E-state index is 13.8. The number of pyridine rings is 1. The van der Waals surface area contributed by atoms with Gasteiger partial charge >= 0.3 is 6.18 Å². The van der Waals surface area contributed by atoms with Crippen molar-refractivity contribution in [1.29, 1.82) is 0 Å². The van der Waals surface area contributed by atoms with E-state index in [-0.39, 0.29) is 17.9 Å². The zero-order chi connectivity index (χ0) is 24.5. The smallest absolute Gasteiger partial charge is 0.368 e. The Balaban J connectivity index is 1.58. The first-order valence-electron chi connectivity index (χ1n) is 11.2. The van der Waals surface area contributed by atoms with Crippen molar-refractivity contribution in [3.05, 3.63) is 65.4 Å². The van der Waals surface area contributed by atoms with Crippen molar-refractivity contribution in [3.63, 3.8) is 0 Å². The van der Waals surface area contributed by atoms with Crippen molar-refractivity contribution in [2.24, 2.45) is 5.92 Å². The Morgan fingerprint density at radius 3 is 2.62 bits per heavy atom. The summed E-state index contributed by atoms with van der Waals surface area (Å²) in [5, 5.41) is 7.39. The zero-order valence-electron chi connectivity index (χ0n) is 19.3. The standard InChI is InChI=1S/C24H27F3N6O/c1-15-6-8-20(33-17(3)30-14-31-33)19(11-15)23(34)32-10-4-5-16(2)21(32)13-29-22-9-7-18(12-28-22)24(25,26)27/h6-9,11-12,14,16,21H,4-5,10,13H2,1-3H3,(H,28,29). The van der Waals surface area contributed by atoms with E-state index in [4.69, 9.17) is 0 Å². The maximum Gasteiger partial charge on any atom is 0.417 e. The number of carbonyl (C=O) groups excluding carboxylic acids is 1. The molecule has 1 aromatic carbocycles. The molecule has 180 valence electrons. The number of carbonyl (C=O) groups is 1. The third-order valence-corrected chi connectivity index (χ3v) is 6.29. The van der Waals surface area contributed by atoms with Crippen molar-refractivity contribution >= 4 is 11.7 Å². The van der Waals surface area contributed by atoms with Crippen LogP contribution in [-0.4, -0.2) is 49.7 Å². The molecule has 0 bridgehead atoms. The second kappa shape index (κ2) is 9.44. The molecular formula is C24H27F3N6O. The van der Waals surface area contributed by atoms with Crippen molar-refractivity contribution in [2.75, 3.05) is 18.4 Å². The minimum Gasteiger partial charge on any atom is -0.368 e. The molecule has 0 aliphatic carbocycles. The Bertz CT molecular complexity index is 1160. The normalized spacial score (nSPS) is 18.7. The van der Waals surface area contributed by atoms with Crippen LogP contribution in [0.3, 0.4) is 0 Å². The van der Waals surface area contributed by atoms with Gasteiger partial charge in [0.2, 0.25) is 0 Å². The van der Waals surface area contributed by atoms with Crippen LogP contribution in [0.4, 0.5) is 19.0 Å². The highest BCUT2D eigenvalue weighted by atomic mass is 19.4. The van der Waals surface area contributed by atoms with Gasteiger partial charge in [-0.25, -0.2) is 14.6 Å². The Labute approximate surface area is 196 Å². The lowest BCUT2D eigenvalue weighted by Gasteiger charge is -2.40. The van der Waals surface area contributed by atoms with Crippen molar-refractivity contribution in [1.82, 2.24) is 24.6 Å². The average molecular weight is 473 g/mol. The summed E-state index contributed by atoms with van der Waals surface area (Å²) in [6.45, 7) is 6.83. The lowest BCUT2D eigenvalue weighted by molar-refractivity contribution is -0.137. The first kappa shape index (κ1) is 23.7. The van der Waals surface area contributed by atoms with Gasteiger partial charge in [0.05, 0.1) is 22.9 Å². The van der Waals surface area contributed by atoms with E-state index in [1.165, 1.54) is 12.4 Å². The van der Waals surface area contributed by atoms with E-state index < -0.39 is 11.7 Å². The minimum absolute atomic E-state index is 0.104. The van der Waals surface area contributed by atoms with Crippen LogP contribution in [0.25, 0.3) is 5.69 Å². The highest BCUT2D eigenvalue weighted by Gasteiger charge is 2.34. The quantitative estimate of drug-likeness (QED) is 0.585. The first-order chi connectivity index (χ1) is 16.1. The van der Waals surface area contributed by atoms with Gasteiger partial charge in [0, 0.05) is 19.3 Å². The number of rotatable bonds is 5. The molecule has 1 fully saturated rings. The van der Waals surface area contributed by atoms with Crippen molar-refractivity contribution < 1.29 is 18.0 Å². The predicted octanol–water partition coefficient (Wildman–Crippen LogP) is 4.65. The molecule has 2 unspecified atom stereocenters. The predicted molar refractivity (Wildman–Crippen MR) is 122 cm³/mol. The van der Waals surface area contributed by atoms with Crippen LogP contribution in [0.15, 0.2) is 42.9 Å². The Kier molecular flexibility index (Phi) is 6.58. The molecule has 1 amide bonds. The van der Waals surface area contributed by atoms with Gasteiger partial charge in [-0.1, -0.05) is 18.6 Å². The van der Waals surface area contributed by atoms with Gasteiger partial charge in [-0.2, -0.15) is 18.3 Å². The van der Waals surface area contributed by atoms with E-state index in [9.17, 15) is 18.0 Å². The first-order valence-corrected chi connectivity index (χ1v) is 11.2. The molecule has 2 aromatic heterocycles. The number of aryl methyl sites for hydroxylation is 2. The number of benzene rings is 1. The molecular weight excluding hydrogens is 445 g/mol. The molecule has 1 N–H and O–H groups in total. The van der Waals surface area contributed by atoms with Crippen LogP contribution in [0.5, 0.6) is 0 Å². The largest absolute Gasteiger partial charge is 0.417 e. The Morgan fingerprint density at radius 1 is 1.18 bits per heavy atom. The summed E-state index contributed by atoms with van der Waals surface area (Å²) >= 11 is 0. The number of nitrogens with one attached hydrogen (secondary N) is 1. The highest BCUT2D eigenvalue weighted by molar-refractivity contribution is 5.98. The summed E-state index contributed by atoms with van der Waals surface area (Å²) in [6.07, 6.45) is -0.323. The summed E-state index contributed by atoms with van der Waals surface area (Å²) in [5.74, 6) is 1.12. The van der Waals surface area contributed by atoms with Gasteiger partial charge in [0.15, 0.2) is 0 Å². The molecule has 3 heterocycles. The number of halogens is 3. The molecule has 34 heavy (non-hydrogen) atoms. The van der Waals surface area contributed by atoms with Crippen molar-refractivity contribution in [3.8, 4) is 5.69 Å². The summed E-state index contributed by atoms with van der Waals surface area (Å²) in [5.41, 5.74) is 1.37. The van der Waals surface area contributed by atoms with Crippen LogP contribution in [0, 0.1) is 19.8 Å². The minimum atomic E-state index is -4.43. The fourth-order valence-electron chi connectivity index (χ4n) is 4.38. The topological polar surface area (TPSA) is 75.9 Å². The molecule has 4 rings (SSSR count). The number of amides is 1. The fourth-order valence-corrected chi connectivity index (χ4v) is 4.38. The number of piperidine rings is 1. The molecule has 1 saturated heterocycles. The Hall–Kier alpha value is -3.43. The zero-order valence-corrected chi connectivity index (χ0v) is 19.3.